The van der Waals surface area contributed by atoms with Crippen LogP contribution in [0.1, 0.15) is 22.3 Å². The Kier molecular flexibility index (Phi) is 6.02. The standard InChI is InChI=1S/C23H18Br2ClN3O5/c24-19-13-9-14(20(19)25)18-17(13)22(31)28(23(18)32)27(10-11-5-1-3-7-15(11)26)21(30)12-6-2-4-8-16(12)29(33)34/h1-8,13-14,17-20H,9-10H2/t13-,14-,17-,18+,19+,20+/m1/s1. The van der Waals surface area contributed by atoms with E-state index in [0.717, 1.165) is 16.4 Å². The van der Waals surface area contributed by atoms with E-state index >= 15 is 0 Å². The van der Waals surface area contributed by atoms with Gasteiger partial charge in [0.2, 0.25) is 0 Å². The fraction of sp³-hybridized carbons (Fsp3) is 0.348. The first-order valence-electron chi connectivity index (χ1n) is 10.7. The predicted molar refractivity (Wildman–Crippen MR) is 130 cm³/mol. The molecule has 2 aromatic carbocycles. The second-order valence-corrected chi connectivity index (χ2v) is 11.2. The Labute approximate surface area is 216 Å². The molecule has 3 aliphatic rings. The minimum Gasteiger partial charge on any atom is -0.272 e. The molecule has 176 valence electrons. The first-order valence-corrected chi connectivity index (χ1v) is 12.9. The number of nitro groups is 1. The molecule has 0 N–H and O–H groups in total. The minimum absolute atomic E-state index is 0.0378. The Bertz CT molecular complexity index is 1190. The lowest BCUT2D eigenvalue weighted by atomic mass is 9.81. The van der Waals surface area contributed by atoms with Gasteiger partial charge in [0.25, 0.3) is 23.4 Å². The van der Waals surface area contributed by atoms with E-state index in [9.17, 15) is 24.5 Å². The zero-order valence-electron chi connectivity index (χ0n) is 17.5. The number of benzene rings is 2. The lowest BCUT2D eigenvalue weighted by Gasteiger charge is -2.31. The molecule has 6 atom stereocenters. The number of para-hydroxylation sites is 1. The summed E-state index contributed by atoms with van der Waals surface area (Å²) >= 11 is 13.6. The number of carbonyl (C=O) groups is 3. The van der Waals surface area contributed by atoms with Gasteiger partial charge in [-0.15, -0.1) is 0 Å². The Morgan fingerprint density at radius 3 is 2.18 bits per heavy atom. The van der Waals surface area contributed by atoms with Crippen LogP contribution in [0.5, 0.6) is 0 Å². The summed E-state index contributed by atoms with van der Waals surface area (Å²) in [6, 6.07) is 12.3. The minimum atomic E-state index is -0.813. The van der Waals surface area contributed by atoms with Gasteiger partial charge in [-0.3, -0.25) is 24.5 Å². The zero-order chi connectivity index (χ0) is 24.3. The van der Waals surface area contributed by atoms with Gasteiger partial charge in [0.05, 0.1) is 23.3 Å². The van der Waals surface area contributed by atoms with Crippen LogP contribution in [0.15, 0.2) is 48.5 Å². The Balaban J connectivity index is 1.58. The molecule has 0 radical (unpaired) electrons. The summed E-state index contributed by atoms with van der Waals surface area (Å²) in [4.78, 5) is 52.0. The highest BCUT2D eigenvalue weighted by Gasteiger charge is 2.67. The number of hydrazine groups is 1. The number of nitrogens with zero attached hydrogens (tertiary/aromatic N) is 3. The van der Waals surface area contributed by atoms with E-state index in [2.05, 4.69) is 31.9 Å². The number of rotatable bonds is 5. The van der Waals surface area contributed by atoms with Crippen molar-refractivity contribution in [1.29, 1.82) is 0 Å². The molecule has 1 saturated heterocycles. The van der Waals surface area contributed by atoms with Crippen molar-refractivity contribution < 1.29 is 19.3 Å². The summed E-state index contributed by atoms with van der Waals surface area (Å²) in [5.74, 6) is -2.87. The lowest BCUT2D eigenvalue weighted by molar-refractivity contribution is -0.385. The quantitative estimate of drug-likeness (QED) is 0.213. The Morgan fingerprint density at radius 1 is 1.03 bits per heavy atom. The molecule has 1 aliphatic heterocycles. The van der Waals surface area contributed by atoms with Crippen molar-refractivity contribution in [1.82, 2.24) is 10.0 Å². The summed E-state index contributed by atoms with van der Waals surface area (Å²) in [7, 11) is 0. The number of fused-ring (bicyclic) bond motifs is 5. The maximum absolute atomic E-state index is 13.7. The van der Waals surface area contributed by atoms with Crippen molar-refractivity contribution in [2.24, 2.45) is 23.7 Å². The smallest absolute Gasteiger partial charge is 0.272 e. The Hall–Kier alpha value is -2.30. The summed E-state index contributed by atoms with van der Waals surface area (Å²) in [5.41, 5.74) is -0.109. The molecule has 0 unspecified atom stereocenters. The SMILES string of the molecule is O=C(c1ccccc1[N+](=O)[O-])N(Cc1ccccc1Cl)N1C(=O)[C@@H]2[C@H]3C[C@@H]([C@H](Br)[C@H]3Br)[C@@H]2C1=O. The number of halogens is 3. The van der Waals surface area contributed by atoms with Gasteiger partial charge in [-0.2, -0.15) is 5.01 Å². The fourth-order valence-corrected chi connectivity index (χ4v) is 7.61. The molecular weight excluding hydrogens is 594 g/mol. The molecule has 11 heteroatoms. The van der Waals surface area contributed by atoms with Gasteiger partial charge in [0.15, 0.2) is 0 Å². The topological polar surface area (TPSA) is 101 Å². The highest BCUT2D eigenvalue weighted by molar-refractivity contribution is 9.12. The van der Waals surface area contributed by atoms with E-state index in [1.807, 2.05) is 0 Å². The second-order valence-electron chi connectivity index (χ2n) is 8.72. The van der Waals surface area contributed by atoms with Gasteiger partial charge < -0.3 is 0 Å². The van der Waals surface area contributed by atoms with Crippen molar-refractivity contribution >= 4 is 66.9 Å². The van der Waals surface area contributed by atoms with Gasteiger partial charge in [0.1, 0.15) is 5.56 Å². The van der Waals surface area contributed by atoms with Crippen molar-refractivity contribution in [2.75, 3.05) is 0 Å². The average Bonchev–Trinajstić information content (AvgIpc) is 3.43. The van der Waals surface area contributed by atoms with Crippen LogP contribution < -0.4 is 0 Å². The second kappa shape index (κ2) is 8.73. The molecule has 0 spiro atoms. The number of carbonyl (C=O) groups excluding carboxylic acids is 3. The lowest BCUT2D eigenvalue weighted by Crippen LogP contribution is -2.50. The van der Waals surface area contributed by atoms with Crippen molar-refractivity contribution in [3.8, 4) is 0 Å². The van der Waals surface area contributed by atoms with Crippen molar-refractivity contribution in [3.63, 3.8) is 0 Å². The molecule has 2 saturated carbocycles. The van der Waals surface area contributed by atoms with E-state index in [0.29, 0.717) is 10.6 Å². The first-order chi connectivity index (χ1) is 16.2. The molecule has 2 aromatic rings. The molecule has 5 rings (SSSR count). The van der Waals surface area contributed by atoms with Gasteiger partial charge in [-0.05, 0) is 36.0 Å². The van der Waals surface area contributed by atoms with Gasteiger partial charge in [0, 0.05) is 20.7 Å². The molecule has 2 aliphatic carbocycles. The highest BCUT2D eigenvalue weighted by Crippen LogP contribution is 2.60. The van der Waals surface area contributed by atoms with E-state index in [1.165, 1.54) is 24.3 Å². The third-order valence-corrected chi connectivity index (χ3v) is 10.6. The molecular formula is C23H18Br2ClN3O5. The number of hydrogen-bond acceptors (Lipinski definition) is 5. The number of alkyl halides is 2. The fourth-order valence-electron chi connectivity index (χ4n) is 5.55. The number of hydrogen-bond donors (Lipinski definition) is 0. The summed E-state index contributed by atoms with van der Waals surface area (Å²) in [6.07, 6.45) is 0.745. The summed E-state index contributed by atoms with van der Waals surface area (Å²) in [5, 5.41) is 13.9. The number of amides is 3. The number of imide groups is 1. The van der Waals surface area contributed by atoms with Crippen LogP contribution in [-0.2, 0) is 16.1 Å². The van der Waals surface area contributed by atoms with Crippen LogP contribution in [0.4, 0.5) is 5.69 Å². The van der Waals surface area contributed by atoms with Crippen molar-refractivity contribution in [3.05, 3.63) is 74.8 Å². The average molecular weight is 612 g/mol. The van der Waals surface area contributed by atoms with Crippen LogP contribution in [0.3, 0.4) is 0 Å². The molecule has 0 aromatic heterocycles. The molecule has 2 bridgehead atoms. The summed E-state index contributed by atoms with van der Waals surface area (Å²) < 4.78 is 0. The van der Waals surface area contributed by atoms with Crippen LogP contribution in [0, 0.1) is 33.8 Å². The van der Waals surface area contributed by atoms with E-state index in [1.54, 1.807) is 24.3 Å². The first kappa shape index (κ1) is 23.4. The van der Waals surface area contributed by atoms with Gasteiger partial charge >= 0.3 is 0 Å². The Morgan fingerprint density at radius 2 is 1.59 bits per heavy atom. The van der Waals surface area contributed by atoms with Crippen molar-refractivity contribution in [2.45, 2.75) is 22.6 Å². The highest BCUT2D eigenvalue weighted by atomic mass is 79.9. The van der Waals surface area contributed by atoms with E-state index in [4.69, 9.17) is 11.6 Å². The molecule has 3 amide bonds. The largest absolute Gasteiger partial charge is 0.282 e. The molecule has 3 fully saturated rings. The predicted octanol–water partition coefficient (Wildman–Crippen LogP) is 4.58. The number of nitro benzene ring substituents is 1. The molecule has 1 heterocycles. The van der Waals surface area contributed by atoms with Crippen LogP contribution in [-0.4, -0.2) is 42.3 Å². The van der Waals surface area contributed by atoms with Crippen LogP contribution >= 0.6 is 43.5 Å². The van der Waals surface area contributed by atoms with E-state index < -0.39 is 40.2 Å². The van der Waals surface area contributed by atoms with Crippen LogP contribution in [0.25, 0.3) is 0 Å². The molecule has 34 heavy (non-hydrogen) atoms. The van der Waals surface area contributed by atoms with Gasteiger partial charge in [-0.1, -0.05) is 73.8 Å². The maximum atomic E-state index is 13.7. The van der Waals surface area contributed by atoms with E-state index in [-0.39, 0.29) is 33.6 Å². The normalized spacial score (nSPS) is 29.4. The third-order valence-electron chi connectivity index (χ3n) is 7.05. The van der Waals surface area contributed by atoms with Crippen LogP contribution in [0.2, 0.25) is 5.02 Å². The monoisotopic (exact) mass is 609 g/mol. The van der Waals surface area contributed by atoms with Gasteiger partial charge in [-0.25, -0.2) is 5.01 Å². The maximum Gasteiger partial charge on any atom is 0.282 e. The summed E-state index contributed by atoms with van der Waals surface area (Å²) in [6.45, 7) is -0.188. The zero-order valence-corrected chi connectivity index (χ0v) is 21.4. The third kappa shape index (κ3) is 3.49. The molecule has 8 nitrogen and oxygen atoms in total.